The summed E-state index contributed by atoms with van der Waals surface area (Å²) in [5.41, 5.74) is 3.26. The molecule has 3 rings (SSSR count). The number of carboxylic acids is 1. The number of carboxylic acid groups (broad SMARTS) is 1. The van der Waals surface area contributed by atoms with Crippen LogP contribution in [0.3, 0.4) is 0 Å². The first kappa shape index (κ1) is 25.9. The molecule has 1 aromatic heterocycles. The molecule has 1 N–H and O–H groups in total. The molecule has 0 aliphatic carbocycles. The second-order valence-corrected chi connectivity index (χ2v) is 11.0. The number of rotatable bonds is 13. The van der Waals surface area contributed by atoms with Crippen molar-refractivity contribution in [1.82, 2.24) is 4.98 Å². The standard InChI is InChI=1S/C27H30ClNO4S/c28-25-12-14-26(15-13-25)34(32,33)19-17-23(6-2-1-4-22-5-3-18-29-20-22)24-10-7-21(8-11-24)9-16-27(30)31/h3,5,7-8,10-15,18,20,23H,1-2,4,6,9,16-17,19H2,(H,30,31). The van der Waals surface area contributed by atoms with Gasteiger partial charge in [0.25, 0.3) is 0 Å². The Morgan fingerprint density at radius 1 is 0.912 bits per heavy atom. The van der Waals surface area contributed by atoms with Crippen LogP contribution in [0.25, 0.3) is 0 Å². The molecule has 7 heteroatoms. The average molecular weight is 500 g/mol. The number of halogens is 1. The van der Waals surface area contributed by atoms with Crippen LogP contribution in [0.4, 0.5) is 0 Å². The predicted octanol–water partition coefficient (Wildman–Crippen LogP) is 6.11. The zero-order chi connectivity index (χ0) is 24.4. The summed E-state index contributed by atoms with van der Waals surface area (Å²) in [6.45, 7) is 0. The van der Waals surface area contributed by atoms with Crippen LogP contribution in [0.2, 0.25) is 5.02 Å². The molecule has 34 heavy (non-hydrogen) atoms. The highest BCUT2D eigenvalue weighted by atomic mass is 35.5. The van der Waals surface area contributed by atoms with Gasteiger partial charge in [0.05, 0.1) is 10.6 Å². The van der Waals surface area contributed by atoms with Gasteiger partial charge in [-0.05, 0) is 85.0 Å². The van der Waals surface area contributed by atoms with Gasteiger partial charge in [0.15, 0.2) is 9.84 Å². The molecule has 0 aliphatic rings. The lowest BCUT2D eigenvalue weighted by Gasteiger charge is -2.18. The molecule has 1 unspecified atom stereocenters. The molecule has 0 aliphatic heterocycles. The van der Waals surface area contributed by atoms with Crippen LogP contribution in [0.5, 0.6) is 0 Å². The number of hydrogen-bond acceptors (Lipinski definition) is 4. The third kappa shape index (κ3) is 8.26. The van der Waals surface area contributed by atoms with Crippen molar-refractivity contribution in [3.63, 3.8) is 0 Å². The van der Waals surface area contributed by atoms with Gasteiger partial charge in [-0.2, -0.15) is 0 Å². The fourth-order valence-electron chi connectivity index (χ4n) is 4.01. The number of aromatic nitrogens is 1. The predicted molar refractivity (Wildman–Crippen MR) is 135 cm³/mol. The fraction of sp³-hybridized carbons (Fsp3) is 0.333. The van der Waals surface area contributed by atoms with Crippen LogP contribution in [0.1, 0.15) is 54.7 Å². The van der Waals surface area contributed by atoms with Crippen molar-refractivity contribution in [2.24, 2.45) is 0 Å². The van der Waals surface area contributed by atoms with E-state index in [2.05, 4.69) is 11.1 Å². The summed E-state index contributed by atoms with van der Waals surface area (Å²) < 4.78 is 25.8. The average Bonchev–Trinajstić information content (AvgIpc) is 2.83. The SMILES string of the molecule is O=C(O)CCc1ccc(C(CCCCc2cccnc2)CCS(=O)(=O)c2ccc(Cl)cc2)cc1. The van der Waals surface area contributed by atoms with E-state index in [1.165, 1.54) is 5.56 Å². The molecule has 0 saturated carbocycles. The van der Waals surface area contributed by atoms with Crippen molar-refractivity contribution in [2.45, 2.75) is 55.8 Å². The smallest absolute Gasteiger partial charge is 0.303 e. The molecule has 0 amide bonds. The van der Waals surface area contributed by atoms with Gasteiger partial charge in [-0.25, -0.2) is 8.42 Å². The lowest BCUT2D eigenvalue weighted by molar-refractivity contribution is -0.136. The fourth-order valence-corrected chi connectivity index (χ4v) is 5.52. The third-order valence-electron chi connectivity index (χ3n) is 5.98. The van der Waals surface area contributed by atoms with Gasteiger partial charge in [0, 0.05) is 23.8 Å². The van der Waals surface area contributed by atoms with Crippen molar-refractivity contribution < 1.29 is 18.3 Å². The molecule has 0 radical (unpaired) electrons. The Morgan fingerprint density at radius 3 is 2.29 bits per heavy atom. The van der Waals surface area contributed by atoms with E-state index in [9.17, 15) is 13.2 Å². The zero-order valence-corrected chi connectivity index (χ0v) is 20.6. The summed E-state index contributed by atoms with van der Waals surface area (Å²) in [5.74, 6) is -0.657. The maximum Gasteiger partial charge on any atom is 0.303 e. The normalized spacial score (nSPS) is 12.4. The quantitative estimate of drug-likeness (QED) is 0.287. The molecule has 5 nitrogen and oxygen atoms in total. The topological polar surface area (TPSA) is 84.3 Å². The molecular weight excluding hydrogens is 470 g/mol. The summed E-state index contributed by atoms with van der Waals surface area (Å²) in [7, 11) is -3.41. The second kappa shape index (κ2) is 12.7. The first-order valence-electron chi connectivity index (χ1n) is 11.5. The Labute approximate surface area is 206 Å². The van der Waals surface area contributed by atoms with Gasteiger partial charge in [-0.3, -0.25) is 9.78 Å². The highest BCUT2D eigenvalue weighted by molar-refractivity contribution is 7.91. The summed E-state index contributed by atoms with van der Waals surface area (Å²) in [4.78, 5) is 15.3. The lowest BCUT2D eigenvalue weighted by atomic mass is 9.90. The van der Waals surface area contributed by atoms with E-state index in [0.29, 0.717) is 17.9 Å². The maximum absolute atomic E-state index is 12.9. The number of nitrogens with zero attached hydrogens (tertiary/aromatic N) is 1. The Kier molecular flexibility index (Phi) is 9.66. The molecule has 0 fully saturated rings. The van der Waals surface area contributed by atoms with Gasteiger partial charge < -0.3 is 5.11 Å². The second-order valence-electron chi connectivity index (χ2n) is 8.50. The first-order chi connectivity index (χ1) is 16.3. The van der Waals surface area contributed by atoms with Crippen molar-refractivity contribution >= 4 is 27.4 Å². The minimum atomic E-state index is -3.41. The number of pyridine rings is 1. The molecule has 0 spiro atoms. The molecule has 1 heterocycles. The Balaban J connectivity index is 1.66. The number of hydrogen-bond donors (Lipinski definition) is 1. The molecule has 0 saturated heterocycles. The van der Waals surface area contributed by atoms with Gasteiger partial charge in [-0.1, -0.05) is 48.4 Å². The Hall–Kier alpha value is -2.70. The Morgan fingerprint density at radius 2 is 1.65 bits per heavy atom. The van der Waals surface area contributed by atoms with Gasteiger partial charge >= 0.3 is 5.97 Å². The van der Waals surface area contributed by atoms with E-state index in [4.69, 9.17) is 16.7 Å². The largest absolute Gasteiger partial charge is 0.481 e. The highest BCUT2D eigenvalue weighted by Gasteiger charge is 2.19. The Bertz CT molecular complexity index is 1150. The highest BCUT2D eigenvalue weighted by Crippen LogP contribution is 2.29. The van der Waals surface area contributed by atoms with E-state index in [1.54, 1.807) is 30.5 Å². The minimum absolute atomic E-state index is 0.0582. The first-order valence-corrected chi connectivity index (χ1v) is 13.5. The van der Waals surface area contributed by atoms with Crippen LogP contribution in [-0.4, -0.2) is 30.2 Å². The summed E-state index contributed by atoms with van der Waals surface area (Å²) in [5, 5.41) is 9.42. The van der Waals surface area contributed by atoms with Crippen molar-refractivity contribution in [3.8, 4) is 0 Å². The monoisotopic (exact) mass is 499 g/mol. The van der Waals surface area contributed by atoms with Crippen LogP contribution < -0.4 is 0 Å². The van der Waals surface area contributed by atoms with E-state index in [1.807, 2.05) is 36.5 Å². The van der Waals surface area contributed by atoms with E-state index >= 15 is 0 Å². The van der Waals surface area contributed by atoms with Crippen molar-refractivity contribution in [1.29, 1.82) is 0 Å². The van der Waals surface area contributed by atoms with Gasteiger partial charge in [-0.15, -0.1) is 0 Å². The third-order valence-corrected chi connectivity index (χ3v) is 7.99. The van der Waals surface area contributed by atoms with Crippen LogP contribution in [0, 0.1) is 0 Å². The molecule has 1 atom stereocenters. The van der Waals surface area contributed by atoms with E-state index < -0.39 is 15.8 Å². The number of aliphatic carboxylic acids is 1. The van der Waals surface area contributed by atoms with E-state index in [-0.39, 0.29) is 23.0 Å². The van der Waals surface area contributed by atoms with Crippen molar-refractivity contribution in [2.75, 3.05) is 5.75 Å². The van der Waals surface area contributed by atoms with Gasteiger partial charge in [0.2, 0.25) is 0 Å². The number of carbonyl (C=O) groups is 1. The van der Waals surface area contributed by atoms with Crippen molar-refractivity contribution in [3.05, 3.63) is 94.8 Å². The molecular formula is C27H30ClNO4S. The van der Waals surface area contributed by atoms with Gasteiger partial charge in [0.1, 0.15) is 0 Å². The summed E-state index contributed by atoms with van der Waals surface area (Å²) in [6, 6.07) is 18.2. The van der Waals surface area contributed by atoms with Crippen LogP contribution in [-0.2, 0) is 27.5 Å². The minimum Gasteiger partial charge on any atom is -0.481 e. The number of sulfone groups is 1. The molecule has 180 valence electrons. The molecule has 2 aromatic carbocycles. The molecule has 0 bridgehead atoms. The summed E-state index contributed by atoms with van der Waals surface area (Å²) in [6.07, 6.45) is 8.54. The summed E-state index contributed by atoms with van der Waals surface area (Å²) >= 11 is 5.91. The molecule has 3 aromatic rings. The van der Waals surface area contributed by atoms with Crippen LogP contribution in [0.15, 0.2) is 78.0 Å². The maximum atomic E-state index is 12.9. The lowest BCUT2D eigenvalue weighted by Crippen LogP contribution is -2.11. The number of unbranched alkanes of at least 4 members (excludes halogenated alkanes) is 1. The number of aryl methyl sites for hydroxylation is 2. The van der Waals surface area contributed by atoms with Crippen LogP contribution >= 0.6 is 11.6 Å². The number of benzene rings is 2. The van der Waals surface area contributed by atoms with E-state index in [0.717, 1.165) is 36.8 Å². The zero-order valence-electron chi connectivity index (χ0n) is 19.1.